The van der Waals surface area contributed by atoms with Gasteiger partial charge in [-0.05, 0) is 19.1 Å². The van der Waals surface area contributed by atoms with Crippen molar-refractivity contribution in [1.82, 2.24) is 9.88 Å². The van der Waals surface area contributed by atoms with Crippen molar-refractivity contribution < 1.29 is 0 Å². The predicted octanol–water partition coefficient (Wildman–Crippen LogP) is 2.18. The average Bonchev–Trinajstić information content (AvgIpc) is 2.68. The molecule has 1 atom stereocenters. The van der Waals surface area contributed by atoms with Crippen LogP contribution in [0.1, 0.15) is 24.2 Å². The van der Waals surface area contributed by atoms with Crippen LogP contribution in [0.3, 0.4) is 0 Å². The van der Waals surface area contributed by atoms with Gasteiger partial charge in [-0.3, -0.25) is 0 Å². The van der Waals surface area contributed by atoms with Crippen LogP contribution in [0.4, 0.5) is 0 Å². The fourth-order valence-corrected chi connectivity index (χ4v) is 2.57. The Morgan fingerprint density at radius 2 is 2.38 bits per heavy atom. The van der Waals surface area contributed by atoms with E-state index >= 15 is 0 Å². The lowest BCUT2D eigenvalue weighted by molar-refractivity contribution is 0.439. The van der Waals surface area contributed by atoms with Crippen LogP contribution in [0, 0.1) is 11.3 Å². The molecule has 0 radical (unpaired) electrons. The van der Waals surface area contributed by atoms with Gasteiger partial charge in [0.2, 0.25) is 0 Å². The summed E-state index contributed by atoms with van der Waals surface area (Å²) in [6.45, 7) is 4.05. The van der Waals surface area contributed by atoms with Crippen LogP contribution in [0.5, 0.6) is 0 Å². The molecule has 0 saturated carbocycles. The Hall–Kier alpha value is -1.79. The molecule has 2 heterocycles. The summed E-state index contributed by atoms with van der Waals surface area (Å²) in [6.07, 6.45) is 0. The van der Waals surface area contributed by atoms with Crippen LogP contribution in [0.2, 0.25) is 0 Å². The van der Waals surface area contributed by atoms with Gasteiger partial charge in [0.1, 0.15) is 6.07 Å². The van der Waals surface area contributed by atoms with Gasteiger partial charge in [0, 0.05) is 30.2 Å². The van der Waals surface area contributed by atoms with Gasteiger partial charge in [-0.2, -0.15) is 5.26 Å². The fourth-order valence-electron chi connectivity index (χ4n) is 2.57. The lowest BCUT2D eigenvalue weighted by Crippen LogP contribution is -2.31. The second-order valence-corrected chi connectivity index (χ2v) is 4.34. The molecular formula is C13H13N3. The highest BCUT2D eigenvalue weighted by atomic mass is 15.1. The molecule has 1 aromatic carbocycles. The molecule has 1 aliphatic heterocycles. The maximum absolute atomic E-state index is 9.16. The summed E-state index contributed by atoms with van der Waals surface area (Å²) in [5.74, 6) is 0. The first kappa shape index (κ1) is 9.44. The number of rotatable bonds is 0. The third kappa shape index (κ3) is 1.17. The largest absolute Gasteiger partial charge is 0.338 e. The molecule has 2 aromatic rings. The summed E-state index contributed by atoms with van der Waals surface area (Å²) in [5.41, 5.74) is 3.14. The minimum Gasteiger partial charge on any atom is -0.338 e. The molecule has 16 heavy (non-hydrogen) atoms. The minimum absolute atomic E-state index is 0.413. The molecule has 80 valence electrons. The molecule has 0 bridgehead atoms. The average molecular weight is 211 g/mol. The van der Waals surface area contributed by atoms with E-state index < -0.39 is 0 Å². The first-order chi connectivity index (χ1) is 7.81. The van der Waals surface area contributed by atoms with Gasteiger partial charge >= 0.3 is 0 Å². The zero-order chi connectivity index (χ0) is 11.1. The van der Waals surface area contributed by atoms with Crippen molar-refractivity contribution in [3.63, 3.8) is 0 Å². The van der Waals surface area contributed by atoms with Crippen LogP contribution in [-0.4, -0.2) is 11.1 Å². The SMILES string of the molecule is CC1CNCc2cc3cccc(C#N)c3n21. The highest BCUT2D eigenvalue weighted by molar-refractivity contribution is 5.86. The van der Waals surface area contributed by atoms with Crippen molar-refractivity contribution in [2.24, 2.45) is 0 Å². The molecule has 0 amide bonds. The van der Waals surface area contributed by atoms with E-state index in [1.165, 1.54) is 11.1 Å². The number of hydrogen-bond acceptors (Lipinski definition) is 2. The minimum atomic E-state index is 0.413. The molecule has 3 rings (SSSR count). The zero-order valence-corrected chi connectivity index (χ0v) is 9.20. The molecule has 3 heteroatoms. The summed E-state index contributed by atoms with van der Waals surface area (Å²) >= 11 is 0. The molecular weight excluding hydrogens is 198 g/mol. The summed E-state index contributed by atoms with van der Waals surface area (Å²) in [5, 5.41) is 13.7. The third-order valence-electron chi connectivity index (χ3n) is 3.25. The maximum Gasteiger partial charge on any atom is 0.101 e. The van der Waals surface area contributed by atoms with Gasteiger partial charge in [-0.1, -0.05) is 12.1 Å². The van der Waals surface area contributed by atoms with Crippen molar-refractivity contribution in [1.29, 1.82) is 5.26 Å². The summed E-state index contributed by atoms with van der Waals surface area (Å²) in [6, 6.07) is 10.8. The standard InChI is InChI=1S/C13H13N3/c1-9-7-15-8-12-5-10-3-2-4-11(6-14)13(10)16(9)12/h2-5,9,15H,7-8H2,1H3. The Kier molecular flexibility index (Phi) is 1.98. The van der Waals surface area contributed by atoms with E-state index in [9.17, 15) is 0 Å². The van der Waals surface area contributed by atoms with E-state index in [0.717, 1.165) is 24.2 Å². The van der Waals surface area contributed by atoms with Gasteiger partial charge in [0.05, 0.1) is 11.1 Å². The number of nitriles is 1. The maximum atomic E-state index is 9.16. The highest BCUT2D eigenvalue weighted by Crippen LogP contribution is 2.28. The molecule has 3 nitrogen and oxygen atoms in total. The van der Waals surface area contributed by atoms with Gasteiger partial charge in [-0.25, -0.2) is 0 Å². The number of benzene rings is 1. The summed E-state index contributed by atoms with van der Waals surface area (Å²) < 4.78 is 2.30. The summed E-state index contributed by atoms with van der Waals surface area (Å²) in [4.78, 5) is 0. The molecule has 0 aliphatic carbocycles. The predicted molar refractivity (Wildman–Crippen MR) is 63.1 cm³/mol. The van der Waals surface area contributed by atoms with E-state index in [2.05, 4.69) is 35.0 Å². The molecule has 0 saturated heterocycles. The Morgan fingerprint density at radius 3 is 3.19 bits per heavy atom. The normalized spacial score (nSPS) is 19.4. The van der Waals surface area contributed by atoms with Crippen LogP contribution in [0.25, 0.3) is 10.9 Å². The Bertz CT molecular complexity index is 589. The number of aromatic nitrogens is 1. The number of hydrogen-bond donors (Lipinski definition) is 1. The van der Waals surface area contributed by atoms with Crippen molar-refractivity contribution in [2.45, 2.75) is 19.5 Å². The van der Waals surface area contributed by atoms with Crippen molar-refractivity contribution >= 4 is 10.9 Å². The number of nitrogens with one attached hydrogen (secondary N) is 1. The topological polar surface area (TPSA) is 40.8 Å². The van der Waals surface area contributed by atoms with E-state index in [-0.39, 0.29) is 0 Å². The highest BCUT2D eigenvalue weighted by Gasteiger charge is 2.19. The Balaban J connectivity index is 2.40. The van der Waals surface area contributed by atoms with E-state index in [0.29, 0.717) is 6.04 Å². The first-order valence-electron chi connectivity index (χ1n) is 5.55. The lowest BCUT2D eigenvalue weighted by atomic mass is 10.1. The van der Waals surface area contributed by atoms with Gasteiger partial charge in [-0.15, -0.1) is 0 Å². The van der Waals surface area contributed by atoms with E-state index in [4.69, 9.17) is 5.26 Å². The second kappa shape index (κ2) is 3.36. The summed E-state index contributed by atoms with van der Waals surface area (Å²) in [7, 11) is 0. The van der Waals surface area contributed by atoms with Crippen molar-refractivity contribution in [3.05, 3.63) is 35.5 Å². The van der Waals surface area contributed by atoms with Crippen LogP contribution in [0.15, 0.2) is 24.3 Å². The third-order valence-corrected chi connectivity index (χ3v) is 3.25. The van der Waals surface area contributed by atoms with Gasteiger partial charge in [0.15, 0.2) is 0 Å². The van der Waals surface area contributed by atoms with Crippen LogP contribution >= 0.6 is 0 Å². The molecule has 1 unspecified atom stereocenters. The molecule has 1 aliphatic rings. The Labute approximate surface area is 94.3 Å². The monoisotopic (exact) mass is 211 g/mol. The zero-order valence-electron chi connectivity index (χ0n) is 9.20. The number of para-hydroxylation sites is 1. The Morgan fingerprint density at radius 1 is 1.50 bits per heavy atom. The van der Waals surface area contributed by atoms with Crippen molar-refractivity contribution in [3.8, 4) is 6.07 Å². The first-order valence-corrected chi connectivity index (χ1v) is 5.55. The van der Waals surface area contributed by atoms with Gasteiger partial charge < -0.3 is 9.88 Å². The van der Waals surface area contributed by atoms with Crippen LogP contribution < -0.4 is 5.32 Å². The van der Waals surface area contributed by atoms with Gasteiger partial charge in [0.25, 0.3) is 0 Å². The molecule has 1 aromatic heterocycles. The molecule has 1 N–H and O–H groups in total. The number of fused-ring (bicyclic) bond motifs is 3. The van der Waals surface area contributed by atoms with Crippen molar-refractivity contribution in [2.75, 3.05) is 6.54 Å². The van der Waals surface area contributed by atoms with Crippen LogP contribution in [-0.2, 0) is 6.54 Å². The molecule has 0 fully saturated rings. The second-order valence-electron chi connectivity index (χ2n) is 4.34. The van der Waals surface area contributed by atoms with E-state index in [1.54, 1.807) is 0 Å². The molecule has 0 spiro atoms. The fraction of sp³-hybridized carbons (Fsp3) is 0.308. The smallest absolute Gasteiger partial charge is 0.101 e. The van der Waals surface area contributed by atoms with E-state index in [1.807, 2.05) is 12.1 Å². The number of nitrogens with zero attached hydrogens (tertiary/aromatic N) is 2. The lowest BCUT2D eigenvalue weighted by Gasteiger charge is -2.24. The quantitative estimate of drug-likeness (QED) is 0.725.